The Balaban J connectivity index is 1.84. The summed E-state index contributed by atoms with van der Waals surface area (Å²) in [5, 5.41) is 0. The molecule has 2 saturated heterocycles. The van der Waals surface area contributed by atoms with Gasteiger partial charge in [-0.3, -0.25) is 0 Å². The van der Waals surface area contributed by atoms with Crippen molar-refractivity contribution in [1.29, 1.82) is 0 Å². The van der Waals surface area contributed by atoms with Crippen molar-refractivity contribution in [3.05, 3.63) is 23.9 Å². The maximum atomic E-state index is 12.8. The van der Waals surface area contributed by atoms with E-state index in [0.29, 0.717) is 12.4 Å². The molecule has 2 aliphatic rings. The van der Waals surface area contributed by atoms with Crippen LogP contribution in [-0.2, 0) is 14.0 Å². The van der Waals surface area contributed by atoms with E-state index in [1.165, 1.54) is 0 Å². The first-order chi connectivity index (χ1) is 14.5. The summed E-state index contributed by atoms with van der Waals surface area (Å²) in [7, 11) is 1.20. The van der Waals surface area contributed by atoms with Gasteiger partial charge in [-0.15, -0.1) is 0 Å². The highest BCUT2D eigenvalue weighted by molar-refractivity contribution is 6.47. The lowest BCUT2D eigenvalue weighted by atomic mass is 9.63. The van der Waals surface area contributed by atoms with Gasteiger partial charge in [0.25, 0.3) is 0 Å². The van der Waals surface area contributed by atoms with Gasteiger partial charge in [0.2, 0.25) is 5.88 Å². The molecular formula is C23H37BN2O5. The number of carbonyl (C=O) groups is 1. The van der Waals surface area contributed by atoms with Crippen LogP contribution in [0.2, 0.25) is 0 Å². The van der Waals surface area contributed by atoms with E-state index < -0.39 is 12.7 Å². The number of methoxy groups -OCH3 is 1. The summed E-state index contributed by atoms with van der Waals surface area (Å²) in [5.41, 5.74) is 0.228. The summed E-state index contributed by atoms with van der Waals surface area (Å²) in [5.74, 6) is 0.506. The van der Waals surface area contributed by atoms with Crippen molar-refractivity contribution in [1.82, 2.24) is 9.88 Å². The molecule has 172 valence electrons. The lowest BCUT2D eigenvalue weighted by molar-refractivity contribution is -0.0338. The van der Waals surface area contributed by atoms with Gasteiger partial charge >= 0.3 is 13.2 Å². The number of aromatic nitrogens is 1. The minimum Gasteiger partial charge on any atom is -0.481 e. The van der Waals surface area contributed by atoms with Gasteiger partial charge in [-0.1, -0.05) is 6.07 Å². The number of rotatable bonds is 5. The Morgan fingerprint density at radius 1 is 1.39 bits per heavy atom. The van der Waals surface area contributed by atoms with Crippen LogP contribution in [0.4, 0.5) is 4.79 Å². The molecule has 0 aliphatic carbocycles. The van der Waals surface area contributed by atoms with E-state index in [9.17, 15) is 4.79 Å². The molecule has 0 spiro atoms. The molecular weight excluding hydrogens is 395 g/mol. The molecule has 8 heteroatoms. The lowest BCUT2D eigenvalue weighted by Gasteiger charge is -2.41. The van der Waals surface area contributed by atoms with Gasteiger partial charge in [0.1, 0.15) is 5.60 Å². The van der Waals surface area contributed by atoms with Crippen molar-refractivity contribution >= 4 is 13.2 Å². The summed E-state index contributed by atoms with van der Waals surface area (Å²) in [6.45, 7) is 12.7. The number of ether oxygens (including phenoxy) is 2. The maximum Gasteiger partial charge on any atom is 0.465 e. The van der Waals surface area contributed by atoms with Gasteiger partial charge in [-0.25, -0.2) is 9.78 Å². The number of hydrogen-bond donors (Lipinski definition) is 0. The predicted molar refractivity (Wildman–Crippen MR) is 120 cm³/mol. The van der Waals surface area contributed by atoms with Crippen LogP contribution >= 0.6 is 0 Å². The molecule has 31 heavy (non-hydrogen) atoms. The summed E-state index contributed by atoms with van der Waals surface area (Å²) in [6.07, 6.45) is 5.13. The highest BCUT2D eigenvalue weighted by atomic mass is 16.6. The fraction of sp³-hybridized carbons (Fsp3) is 0.739. The molecule has 3 heterocycles. The zero-order valence-electron chi connectivity index (χ0n) is 20.0. The molecule has 1 aromatic rings. The molecule has 1 aromatic heterocycles. The van der Waals surface area contributed by atoms with Gasteiger partial charge in [0.05, 0.1) is 12.7 Å². The average molecular weight is 432 g/mol. The molecule has 0 radical (unpaired) electrons. The standard InChI is InChI=1S/C23H37BN2O5/c1-16-14-23(5,6)31-24(30-16)19(17-10-11-20(28-7)25-15-17)13-18-9-8-12-26(18)21(27)29-22(2,3)4/h10-11,15-16,18-19H,8-9,12-14H2,1-7H3. The number of hydrogen-bond acceptors (Lipinski definition) is 6. The maximum absolute atomic E-state index is 12.8. The summed E-state index contributed by atoms with van der Waals surface area (Å²) < 4.78 is 23.5. The third kappa shape index (κ3) is 6.36. The van der Waals surface area contributed by atoms with E-state index >= 15 is 0 Å². The molecule has 3 atom stereocenters. The fourth-order valence-corrected chi connectivity index (χ4v) is 4.61. The van der Waals surface area contributed by atoms with Crippen molar-refractivity contribution < 1.29 is 23.6 Å². The number of amides is 1. The largest absolute Gasteiger partial charge is 0.481 e. The van der Waals surface area contributed by atoms with E-state index in [1.807, 2.05) is 44.0 Å². The molecule has 0 N–H and O–H groups in total. The van der Waals surface area contributed by atoms with E-state index in [1.54, 1.807) is 7.11 Å². The second kappa shape index (κ2) is 9.37. The molecule has 2 aliphatic heterocycles. The monoisotopic (exact) mass is 432 g/mol. The third-order valence-corrected chi connectivity index (χ3v) is 5.84. The van der Waals surface area contributed by atoms with Crippen molar-refractivity contribution in [2.45, 2.75) is 96.4 Å². The topological polar surface area (TPSA) is 70.1 Å². The van der Waals surface area contributed by atoms with Crippen LogP contribution < -0.4 is 4.74 Å². The smallest absolute Gasteiger partial charge is 0.465 e. The van der Waals surface area contributed by atoms with Gasteiger partial charge in [-0.05, 0) is 72.8 Å². The second-order valence-corrected chi connectivity index (χ2v) is 10.3. The summed E-state index contributed by atoms with van der Waals surface area (Å²) >= 11 is 0. The van der Waals surface area contributed by atoms with Crippen LogP contribution in [-0.4, -0.2) is 60.1 Å². The Bertz CT molecular complexity index is 749. The quantitative estimate of drug-likeness (QED) is 0.634. The van der Waals surface area contributed by atoms with Crippen LogP contribution in [0.15, 0.2) is 18.3 Å². The van der Waals surface area contributed by atoms with Crippen molar-refractivity contribution in [3.63, 3.8) is 0 Å². The third-order valence-electron chi connectivity index (χ3n) is 5.84. The van der Waals surface area contributed by atoms with Crippen molar-refractivity contribution in [2.24, 2.45) is 0 Å². The second-order valence-electron chi connectivity index (χ2n) is 10.3. The molecule has 0 bridgehead atoms. The van der Waals surface area contributed by atoms with Crippen molar-refractivity contribution in [2.75, 3.05) is 13.7 Å². The van der Waals surface area contributed by atoms with Gasteiger partial charge < -0.3 is 23.7 Å². The minimum atomic E-state index is -0.515. The predicted octanol–water partition coefficient (Wildman–Crippen LogP) is 4.59. The molecule has 1 amide bonds. The number of likely N-dealkylation sites (tertiary alicyclic amines) is 1. The van der Waals surface area contributed by atoms with Gasteiger partial charge in [-0.2, -0.15) is 0 Å². The molecule has 3 unspecified atom stereocenters. The van der Waals surface area contributed by atoms with E-state index in [4.69, 9.17) is 18.8 Å². The Kier molecular flexibility index (Phi) is 7.21. The Labute approximate surface area is 186 Å². The number of carbonyl (C=O) groups excluding carboxylic acids is 1. The van der Waals surface area contributed by atoms with Crippen LogP contribution in [0.3, 0.4) is 0 Å². The molecule has 7 nitrogen and oxygen atoms in total. The normalized spacial score (nSPS) is 24.7. The van der Waals surface area contributed by atoms with E-state index in [0.717, 1.165) is 31.2 Å². The summed E-state index contributed by atoms with van der Waals surface area (Å²) in [6, 6.07) is 3.94. The SMILES string of the molecule is COc1ccc(C(CC2CCCN2C(=O)OC(C)(C)C)B2OC(C)CC(C)(C)O2)cn1. The minimum absolute atomic E-state index is 0.0616. The van der Waals surface area contributed by atoms with Crippen LogP contribution in [0.25, 0.3) is 0 Å². The van der Waals surface area contributed by atoms with E-state index in [2.05, 4.69) is 25.8 Å². The Morgan fingerprint density at radius 3 is 2.71 bits per heavy atom. The molecule has 0 aromatic carbocycles. The number of nitrogens with zero attached hydrogens (tertiary/aromatic N) is 2. The zero-order valence-corrected chi connectivity index (χ0v) is 20.0. The van der Waals surface area contributed by atoms with Crippen LogP contribution in [0, 0.1) is 0 Å². The summed E-state index contributed by atoms with van der Waals surface area (Å²) in [4.78, 5) is 19.1. The van der Waals surface area contributed by atoms with Crippen LogP contribution in [0.5, 0.6) is 5.88 Å². The van der Waals surface area contributed by atoms with Crippen LogP contribution in [0.1, 0.15) is 78.6 Å². The first-order valence-electron chi connectivity index (χ1n) is 11.3. The highest BCUT2D eigenvalue weighted by Crippen LogP contribution is 2.37. The van der Waals surface area contributed by atoms with Crippen molar-refractivity contribution in [3.8, 4) is 5.88 Å². The van der Waals surface area contributed by atoms with E-state index in [-0.39, 0.29) is 29.7 Å². The highest BCUT2D eigenvalue weighted by Gasteiger charge is 2.45. The fourth-order valence-electron chi connectivity index (χ4n) is 4.61. The first kappa shape index (κ1) is 23.9. The van der Waals surface area contributed by atoms with Gasteiger partial charge in [0.15, 0.2) is 0 Å². The lowest BCUT2D eigenvalue weighted by Crippen LogP contribution is -2.50. The number of pyridine rings is 1. The Morgan fingerprint density at radius 2 is 2.13 bits per heavy atom. The zero-order chi connectivity index (χ0) is 22.8. The molecule has 0 saturated carbocycles. The first-order valence-corrected chi connectivity index (χ1v) is 11.3. The molecule has 3 rings (SSSR count). The molecule has 2 fully saturated rings. The van der Waals surface area contributed by atoms with Gasteiger partial charge in [0, 0.05) is 36.8 Å². The Hall–Kier alpha value is -1.80. The average Bonchev–Trinajstić information content (AvgIpc) is 3.12.